The normalized spacial score (nSPS) is 24.2. The number of benzene rings is 1. The molecule has 0 unspecified atom stereocenters. The molecule has 0 spiro atoms. The Morgan fingerprint density at radius 3 is 2.56 bits per heavy atom. The summed E-state index contributed by atoms with van der Waals surface area (Å²) < 4.78 is 13.2. The third kappa shape index (κ3) is 3.18. The smallest absolute Gasteiger partial charge is 0.292 e. The van der Waals surface area contributed by atoms with Gasteiger partial charge in [-0.1, -0.05) is 31.9 Å². The fourth-order valence-corrected chi connectivity index (χ4v) is 3.53. The third-order valence-electron chi connectivity index (χ3n) is 4.93. The van der Waals surface area contributed by atoms with Crippen LogP contribution >= 0.6 is 0 Å². The molecule has 0 radical (unpaired) electrons. The molecule has 0 aromatic heterocycles. The Bertz CT molecular complexity index is 748. The molecule has 6 nitrogen and oxygen atoms in total. The molecule has 0 N–H and O–H groups in total. The van der Waals surface area contributed by atoms with Crippen molar-refractivity contribution in [1.29, 1.82) is 0 Å². The van der Waals surface area contributed by atoms with Gasteiger partial charge in [0.25, 0.3) is 0 Å². The lowest BCUT2D eigenvalue weighted by atomic mass is 9.85. The summed E-state index contributed by atoms with van der Waals surface area (Å²) in [6.07, 6.45) is 3.47. The summed E-state index contributed by atoms with van der Waals surface area (Å²) in [6.45, 7) is 1.39. The van der Waals surface area contributed by atoms with Gasteiger partial charge in [0.2, 0.25) is 0 Å². The van der Waals surface area contributed by atoms with Crippen LogP contribution in [0.5, 0.6) is 0 Å². The summed E-state index contributed by atoms with van der Waals surface area (Å²) in [5, 5.41) is 0. The minimum atomic E-state index is -0.993. The molecule has 7 heteroatoms. The molecule has 2 fully saturated rings. The van der Waals surface area contributed by atoms with Gasteiger partial charge in [0.15, 0.2) is 5.78 Å². The van der Waals surface area contributed by atoms with Crippen LogP contribution in [0.4, 0.5) is 9.18 Å². The number of ketones is 1. The molecule has 4 amide bonds. The molecule has 1 aliphatic heterocycles. The van der Waals surface area contributed by atoms with Crippen molar-refractivity contribution >= 4 is 23.6 Å². The van der Waals surface area contributed by atoms with E-state index in [2.05, 4.69) is 0 Å². The Morgan fingerprint density at radius 2 is 1.88 bits per heavy atom. The Morgan fingerprint density at radius 1 is 1.16 bits per heavy atom. The van der Waals surface area contributed by atoms with Crippen molar-refractivity contribution < 1.29 is 23.6 Å². The number of carbonyl (C=O) groups is 4. The van der Waals surface area contributed by atoms with Crippen LogP contribution in [0.15, 0.2) is 24.3 Å². The molecule has 3 rings (SSSR count). The Balaban J connectivity index is 1.78. The number of urea groups is 1. The average Bonchev–Trinajstić information content (AvgIpc) is 2.79. The van der Waals surface area contributed by atoms with Crippen LogP contribution in [0.3, 0.4) is 0 Å². The van der Waals surface area contributed by atoms with E-state index in [1.165, 1.54) is 18.2 Å². The maximum Gasteiger partial charge on any atom is 0.334 e. The zero-order valence-corrected chi connectivity index (χ0v) is 13.9. The van der Waals surface area contributed by atoms with E-state index in [0.29, 0.717) is 11.3 Å². The van der Waals surface area contributed by atoms with Gasteiger partial charge in [-0.3, -0.25) is 19.3 Å². The highest BCUT2D eigenvalue weighted by Crippen LogP contribution is 2.31. The van der Waals surface area contributed by atoms with Crippen LogP contribution in [0.25, 0.3) is 0 Å². The molecule has 1 heterocycles. The maximum atomic E-state index is 13.2. The first kappa shape index (κ1) is 17.3. The molecule has 25 heavy (non-hydrogen) atoms. The number of halogens is 1. The van der Waals surface area contributed by atoms with E-state index in [0.717, 1.165) is 30.2 Å². The fourth-order valence-electron chi connectivity index (χ4n) is 3.53. The van der Waals surface area contributed by atoms with Crippen molar-refractivity contribution in [2.45, 2.75) is 38.6 Å². The highest BCUT2D eigenvalue weighted by Gasteiger charge is 2.49. The van der Waals surface area contributed by atoms with Crippen LogP contribution in [-0.4, -0.2) is 46.0 Å². The van der Waals surface area contributed by atoms with Crippen molar-refractivity contribution in [3.8, 4) is 0 Å². The number of amides is 4. The van der Waals surface area contributed by atoms with Gasteiger partial charge in [-0.15, -0.1) is 0 Å². The Hall–Kier alpha value is -2.57. The number of hydrogen-bond donors (Lipinski definition) is 0. The van der Waals surface area contributed by atoms with E-state index in [4.69, 9.17) is 0 Å². The van der Waals surface area contributed by atoms with Crippen molar-refractivity contribution in [3.05, 3.63) is 35.6 Å². The van der Waals surface area contributed by atoms with Crippen molar-refractivity contribution in [2.75, 3.05) is 6.54 Å². The number of imide groups is 2. The third-order valence-corrected chi connectivity index (χ3v) is 4.93. The fraction of sp³-hybridized carbons (Fsp3) is 0.444. The highest BCUT2D eigenvalue weighted by molar-refractivity contribution is 6.45. The van der Waals surface area contributed by atoms with Gasteiger partial charge in [0.1, 0.15) is 5.82 Å². The quantitative estimate of drug-likeness (QED) is 0.477. The second-order valence-corrected chi connectivity index (χ2v) is 6.61. The lowest BCUT2D eigenvalue weighted by Crippen LogP contribution is -2.46. The van der Waals surface area contributed by atoms with Gasteiger partial charge in [-0.2, -0.15) is 0 Å². The SMILES string of the molecule is C[C@H]1CCCC[C@H]1N1C(=O)C(=O)N(CC(=O)c2cccc(F)c2)C1=O. The topological polar surface area (TPSA) is 74.8 Å². The van der Waals surface area contributed by atoms with Gasteiger partial charge >= 0.3 is 17.8 Å². The minimum Gasteiger partial charge on any atom is -0.292 e. The first-order chi connectivity index (χ1) is 11.9. The van der Waals surface area contributed by atoms with Crippen LogP contribution in [0.1, 0.15) is 43.0 Å². The number of Topliss-reactive ketones (excluding diaryl/α,β-unsaturated/α-hetero) is 1. The zero-order valence-electron chi connectivity index (χ0n) is 13.9. The van der Waals surface area contributed by atoms with Gasteiger partial charge in [-0.25, -0.2) is 14.1 Å². The number of carbonyl (C=O) groups excluding carboxylic acids is 4. The van der Waals surface area contributed by atoms with Gasteiger partial charge in [0, 0.05) is 11.6 Å². The zero-order chi connectivity index (χ0) is 18.1. The standard InChI is InChI=1S/C18H19FN2O4/c1-11-5-2-3-8-14(11)21-17(24)16(23)20(18(21)25)10-15(22)12-6-4-7-13(19)9-12/h4,6-7,9,11,14H,2-3,5,8,10H2,1H3/t11-,14+/m0/s1. The highest BCUT2D eigenvalue weighted by atomic mass is 19.1. The van der Waals surface area contributed by atoms with Crippen LogP contribution in [-0.2, 0) is 9.59 Å². The van der Waals surface area contributed by atoms with Gasteiger partial charge in [-0.05, 0) is 30.9 Å². The predicted octanol–water partition coefficient (Wildman–Crippen LogP) is 2.38. The van der Waals surface area contributed by atoms with E-state index in [-0.39, 0.29) is 17.5 Å². The molecule has 1 aromatic rings. The first-order valence-electron chi connectivity index (χ1n) is 8.38. The monoisotopic (exact) mass is 346 g/mol. The number of rotatable bonds is 4. The second-order valence-electron chi connectivity index (χ2n) is 6.61. The summed E-state index contributed by atoms with van der Waals surface area (Å²) in [6, 6.07) is 3.94. The van der Waals surface area contributed by atoms with Crippen LogP contribution in [0, 0.1) is 11.7 Å². The van der Waals surface area contributed by atoms with Crippen LogP contribution in [0.2, 0.25) is 0 Å². The lowest BCUT2D eigenvalue weighted by Gasteiger charge is -2.34. The molecule has 2 atom stereocenters. The summed E-state index contributed by atoms with van der Waals surface area (Å²) >= 11 is 0. The molecule has 1 saturated carbocycles. The summed E-state index contributed by atoms with van der Waals surface area (Å²) in [4.78, 5) is 51.0. The molecule has 1 aromatic carbocycles. The molecule has 2 aliphatic rings. The maximum absolute atomic E-state index is 13.2. The second kappa shape index (κ2) is 6.74. The average molecular weight is 346 g/mol. The Kier molecular flexibility index (Phi) is 4.65. The Labute approximate surface area is 144 Å². The van der Waals surface area contributed by atoms with E-state index >= 15 is 0 Å². The minimum absolute atomic E-state index is 0.0533. The van der Waals surface area contributed by atoms with Gasteiger partial charge < -0.3 is 0 Å². The van der Waals surface area contributed by atoms with E-state index < -0.39 is 36.0 Å². The van der Waals surface area contributed by atoms with Crippen molar-refractivity contribution in [2.24, 2.45) is 5.92 Å². The summed E-state index contributed by atoms with van der Waals surface area (Å²) in [5.41, 5.74) is 0.0533. The molecule has 1 saturated heterocycles. The van der Waals surface area contributed by atoms with Crippen LogP contribution < -0.4 is 0 Å². The van der Waals surface area contributed by atoms with E-state index in [1.807, 2.05) is 6.92 Å². The van der Waals surface area contributed by atoms with E-state index in [9.17, 15) is 23.6 Å². The van der Waals surface area contributed by atoms with Crippen molar-refractivity contribution in [3.63, 3.8) is 0 Å². The van der Waals surface area contributed by atoms with Gasteiger partial charge in [0.05, 0.1) is 6.54 Å². The molecule has 1 aliphatic carbocycles. The summed E-state index contributed by atoms with van der Waals surface area (Å²) in [5.74, 6) is -2.93. The molecule has 0 bridgehead atoms. The summed E-state index contributed by atoms with van der Waals surface area (Å²) in [7, 11) is 0. The number of hydrogen-bond acceptors (Lipinski definition) is 4. The van der Waals surface area contributed by atoms with Crippen molar-refractivity contribution in [1.82, 2.24) is 9.80 Å². The number of nitrogens with zero attached hydrogens (tertiary/aromatic N) is 2. The molecular weight excluding hydrogens is 327 g/mol. The largest absolute Gasteiger partial charge is 0.334 e. The van der Waals surface area contributed by atoms with E-state index in [1.54, 1.807) is 0 Å². The molecule has 132 valence electrons. The first-order valence-corrected chi connectivity index (χ1v) is 8.38. The predicted molar refractivity (Wildman–Crippen MR) is 86.1 cm³/mol. The molecular formula is C18H19FN2O4. The lowest BCUT2D eigenvalue weighted by molar-refractivity contribution is -0.144.